The minimum atomic E-state index is -0.399. The first-order chi connectivity index (χ1) is 37.8. The molecule has 0 aliphatic carbocycles. The van der Waals surface area contributed by atoms with Gasteiger partial charge in [-0.3, -0.25) is 0 Å². The molecule has 0 saturated heterocycles. The number of rotatable bonds is 6. The number of aryl methyl sites for hydroxylation is 1. The predicted octanol–water partition coefficient (Wildman–Crippen LogP) is 17.6. The van der Waals surface area contributed by atoms with Crippen molar-refractivity contribution >= 4 is 90.5 Å². The molecule has 7 heteroatoms. The molecule has 0 amide bonds. The summed E-state index contributed by atoms with van der Waals surface area (Å²) in [6.45, 7) is 15.5. The first kappa shape index (κ1) is 46.4. The molecule has 0 radical (unpaired) electrons. The van der Waals surface area contributed by atoms with Crippen molar-refractivity contribution in [2.24, 2.45) is 0 Å². The van der Waals surface area contributed by atoms with E-state index >= 15 is 0 Å². The van der Waals surface area contributed by atoms with E-state index in [-0.39, 0.29) is 16.9 Å². The molecule has 3 aliphatic rings. The maximum absolute atomic E-state index is 7.48. The molecule has 0 N–H and O–H groups in total. The summed E-state index contributed by atoms with van der Waals surface area (Å²) in [6, 6.07) is 72.5. The van der Waals surface area contributed by atoms with Gasteiger partial charge in [0.2, 0.25) is 0 Å². The summed E-state index contributed by atoms with van der Waals surface area (Å²) < 4.78 is 28.3. The lowest BCUT2D eigenvalue weighted by Gasteiger charge is -2.42. The number of hydrogen-bond donors (Lipinski definition) is 0. The zero-order valence-electron chi connectivity index (χ0n) is 44.9. The minimum absolute atomic E-state index is 0.117. The highest BCUT2D eigenvalue weighted by Crippen LogP contribution is 2.53. The second kappa shape index (κ2) is 17.0. The largest absolute Gasteiger partial charge is 0.485 e. The van der Waals surface area contributed by atoms with Crippen LogP contribution < -0.4 is 31.3 Å². The van der Waals surface area contributed by atoms with Crippen LogP contribution in [0.2, 0.25) is 0 Å². The van der Waals surface area contributed by atoms with E-state index in [1.807, 2.05) is 12.1 Å². The second-order valence-electron chi connectivity index (χ2n) is 23.7. The third-order valence-corrected chi connectivity index (χ3v) is 16.5. The summed E-state index contributed by atoms with van der Waals surface area (Å²) in [7, 11) is 0. The average Bonchev–Trinajstić information content (AvgIpc) is 3.34. The van der Waals surface area contributed by atoms with Crippen molar-refractivity contribution < 1.29 is 18.0 Å². The SMILES string of the molecule is Cc1cc2c3c(c1)N(c1ccc(C4Cc5ccccc5O4)cc1-c1ccccc1)c1c(oc4ccc(C(C)(C)C)cc14)B3c1oc3ccc(C(C)(C)C)cc3c1N2c1ccc(-c2cc3ccccc3o2)cc1-c1ccccc1. The van der Waals surface area contributed by atoms with E-state index in [0.29, 0.717) is 0 Å². The molecule has 3 aliphatic heterocycles. The molecule has 9 aromatic carbocycles. The summed E-state index contributed by atoms with van der Waals surface area (Å²) in [5.74, 6) is 1.77. The van der Waals surface area contributed by atoms with Crippen molar-refractivity contribution in [2.75, 3.05) is 9.80 Å². The van der Waals surface area contributed by atoms with Gasteiger partial charge < -0.3 is 27.8 Å². The molecule has 378 valence electrons. The lowest BCUT2D eigenvalue weighted by Crippen LogP contribution is -2.60. The molecule has 1 unspecified atom stereocenters. The van der Waals surface area contributed by atoms with E-state index in [1.54, 1.807) is 0 Å². The highest BCUT2D eigenvalue weighted by molar-refractivity contribution is 6.99. The van der Waals surface area contributed by atoms with Gasteiger partial charge in [0, 0.05) is 50.6 Å². The molecule has 3 aromatic heterocycles. The monoisotopic (exact) mass is 1010 g/mol. The van der Waals surface area contributed by atoms with Crippen LogP contribution in [0.15, 0.2) is 213 Å². The van der Waals surface area contributed by atoms with E-state index < -0.39 is 6.71 Å². The second-order valence-corrected chi connectivity index (χ2v) is 23.7. The molecule has 0 fully saturated rings. The van der Waals surface area contributed by atoms with Crippen LogP contribution in [0.1, 0.15) is 75.5 Å². The third kappa shape index (κ3) is 7.24. The Morgan fingerprint density at radius 3 is 1.60 bits per heavy atom. The number of fused-ring (bicyclic) bond motifs is 10. The topological polar surface area (TPSA) is 55.1 Å². The van der Waals surface area contributed by atoms with Crippen molar-refractivity contribution in [3.8, 4) is 39.3 Å². The van der Waals surface area contributed by atoms with Crippen molar-refractivity contribution in [2.45, 2.75) is 71.8 Å². The summed E-state index contributed by atoms with van der Waals surface area (Å²) in [4.78, 5) is 5.01. The quantitative estimate of drug-likeness (QED) is 0.155. The fourth-order valence-electron chi connectivity index (χ4n) is 12.6. The summed E-state index contributed by atoms with van der Waals surface area (Å²) in [6.07, 6.45) is 0.691. The van der Waals surface area contributed by atoms with Crippen LogP contribution in [0.4, 0.5) is 34.1 Å². The Labute approximate surface area is 455 Å². The van der Waals surface area contributed by atoms with Crippen molar-refractivity contribution in [3.63, 3.8) is 0 Å². The summed E-state index contributed by atoms with van der Waals surface area (Å²) in [5.41, 5.74) is 22.7. The van der Waals surface area contributed by atoms with E-state index in [4.69, 9.17) is 18.0 Å². The minimum Gasteiger partial charge on any atom is -0.485 e. The Hall–Kier alpha value is -8.94. The van der Waals surface area contributed by atoms with Crippen LogP contribution in [0.5, 0.6) is 5.75 Å². The lowest BCUT2D eigenvalue weighted by atomic mass is 9.37. The van der Waals surface area contributed by atoms with E-state index in [1.165, 1.54) is 16.7 Å². The number of furan rings is 3. The van der Waals surface area contributed by atoms with Crippen molar-refractivity contribution in [3.05, 3.63) is 228 Å². The molecule has 0 spiro atoms. The van der Waals surface area contributed by atoms with Crippen LogP contribution in [0.25, 0.3) is 66.5 Å². The molecule has 78 heavy (non-hydrogen) atoms. The van der Waals surface area contributed by atoms with Gasteiger partial charge in [-0.05, 0) is 147 Å². The van der Waals surface area contributed by atoms with Crippen LogP contribution in [0, 0.1) is 6.92 Å². The molecule has 6 nitrogen and oxygen atoms in total. The first-order valence-corrected chi connectivity index (χ1v) is 27.3. The van der Waals surface area contributed by atoms with Gasteiger partial charge in [-0.2, -0.15) is 0 Å². The van der Waals surface area contributed by atoms with Gasteiger partial charge in [0.25, 0.3) is 0 Å². The Morgan fingerprint density at radius 2 is 1.01 bits per heavy atom. The van der Waals surface area contributed by atoms with Gasteiger partial charge in [0.1, 0.15) is 45.7 Å². The molecule has 1 atom stereocenters. The van der Waals surface area contributed by atoms with Crippen molar-refractivity contribution in [1.82, 2.24) is 0 Å². The smallest absolute Gasteiger partial charge is 0.342 e. The van der Waals surface area contributed by atoms with Crippen LogP contribution >= 0.6 is 0 Å². The average molecular weight is 1010 g/mol. The van der Waals surface area contributed by atoms with Crippen molar-refractivity contribution in [1.29, 1.82) is 0 Å². The standard InChI is InChI=1S/C71H57BN2O4/c1-42-34-57-65-58(35-42)74(56-31-27-48(37-52(56)44-20-12-9-13-21-44)64-39-46-23-15-17-25-60(46)76-64)67-54-41-50(71(5,6)7)29-33-62(54)78-69(67)72(65)68-66(53-40-49(70(2,3)4)28-32-61(53)77-68)73(57)55-30-26-47(36-51(55)43-18-10-8-11-19-43)63-38-45-22-14-16-24-59(45)75-63/h8-38,40-41,64H,39H2,1-7H3. The Bertz CT molecular complexity index is 4340. The first-order valence-electron chi connectivity index (χ1n) is 27.3. The van der Waals surface area contributed by atoms with E-state index in [2.05, 4.69) is 246 Å². The Kier molecular flexibility index (Phi) is 10.1. The normalized spacial score (nSPS) is 14.7. The number of hydrogen-bond acceptors (Lipinski definition) is 6. The zero-order chi connectivity index (χ0) is 52.8. The summed E-state index contributed by atoms with van der Waals surface area (Å²) in [5, 5.41) is 3.19. The predicted molar refractivity (Wildman–Crippen MR) is 322 cm³/mol. The molecule has 15 rings (SSSR count). The summed E-state index contributed by atoms with van der Waals surface area (Å²) >= 11 is 0. The molecule has 0 saturated carbocycles. The lowest BCUT2D eigenvalue weighted by molar-refractivity contribution is 0.239. The van der Waals surface area contributed by atoms with Crippen LogP contribution in [0.3, 0.4) is 0 Å². The Balaban J connectivity index is 1.03. The maximum atomic E-state index is 7.48. The van der Waals surface area contributed by atoms with E-state index in [0.717, 1.165) is 141 Å². The number of para-hydroxylation sites is 2. The van der Waals surface area contributed by atoms with Gasteiger partial charge in [-0.25, -0.2) is 0 Å². The molecule has 6 heterocycles. The Morgan fingerprint density at radius 1 is 0.462 bits per heavy atom. The van der Waals surface area contributed by atoms with Gasteiger partial charge in [0.05, 0.1) is 22.7 Å². The highest BCUT2D eigenvalue weighted by Gasteiger charge is 2.50. The fraction of sp³-hybridized carbons (Fsp3) is 0.155. The van der Waals surface area contributed by atoms with Gasteiger partial charge in [0.15, 0.2) is 0 Å². The maximum Gasteiger partial charge on any atom is 0.342 e. The highest BCUT2D eigenvalue weighted by atomic mass is 16.5. The van der Waals surface area contributed by atoms with Gasteiger partial charge >= 0.3 is 6.71 Å². The van der Waals surface area contributed by atoms with E-state index in [9.17, 15) is 0 Å². The number of benzene rings is 9. The fourth-order valence-corrected chi connectivity index (χ4v) is 12.6. The molecule has 0 bridgehead atoms. The molecule has 12 aromatic rings. The van der Waals surface area contributed by atoms with Gasteiger partial charge in [-0.1, -0.05) is 157 Å². The van der Waals surface area contributed by atoms with Crippen LogP contribution in [-0.4, -0.2) is 6.71 Å². The number of anilines is 6. The zero-order valence-corrected chi connectivity index (χ0v) is 44.9. The molecular weight excluding hydrogens is 956 g/mol. The van der Waals surface area contributed by atoms with Crippen LogP contribution in [-0.2, 0) is 17.3 Å². The molecular formula is C71H57BN2O4. The third-order valence-electron chi connectivity index (χ3n) is 16.5. The number of ether oxygens (including phenoxy) is 1. The van der Waals surface area contributed by atoms with Gasteiger partial charge in [-0.15, -0.1) is 0 Å². The number of nitrogens with zero attached hydrogens (tertiary/aromatic N) is 2.